The molecule has 0 bridgehead atoms. The minimum atomic E-state index is -5.07. The number of carbonyl (C=O) groups is 2. The van der Waals surface area contributed by atoms with Gasteiger partial charge in [-0.3, -0.25) is 0 Å². The fourth-order valence-corrected chi connectivity index (χ4v) is 2.85. The molecule has 31 heavy (non-hydrogen) atoms. The average molecular weight is 438 g/mol. The fourth-order valence-electron chi connectivity index (χ4n) is 2.85. The molecule has 3 rings (SSSR count). The zero-order chi connectivity index (χ0) is 22.8. The number of hydrogen-bond donors (Lipinski definition) is 0. The summed E-state index contributed by atoms with van der Waals surface area (Å²) < 4.78 is 66.2. The second-order valence-corrected chi connectivity index (χ2v) is 6.03. The van der Waals surface area contributed by atoms with E-state index in [9.17, 15) is 27.2 Å². The second-order valence-electron chi connectivity index (χ2n) is 6.03. The molecule has 7 nitrogen and oxygen atoms in total. The van der Waals surface area contributed by atoms with Gasteiger partial charge in [0, 0.05) is 11.6 Å². The lowest BCUT2D eigenvalue weighted by Crippen LogP contribution is -2.17. The Morgan fingerprint density at radius 1 is 0.968 bits per heavy atom. The minimum Gasteiger partial charge on any atom is -0.465 e. The molecule has 0 spiro atoms. The van der Waals surface area contributed by atoms with Crippen molar-refractivity contribution in [1.29, 1.82) is 0 Å². The lowest BCUT2D eigenvalue weighted by Gasteiger charge is -2.10. The van der Waals surface area contributed by atoms with Crippen LogP contribution >= 0.6 is 0 Å². The summed E-state index contributed by atoms with van der Waals surface area (Å²) >= 11 is 0. The number of rotatable bonds is 5. The molecule has 0 N–H and O–H groups in total. The molecule has 0 saturated carbocycles. The van der Waals surface area contributed by atoms with Crippen molar-refractivity contribution in [1.82, 2.24) is 9.78 Å². The van der Waals surface area contributed by atoms with E-state index in [0.717, 1.165) is 31.0 Å². The Bertz CT molecular complexity index is 1130. The molecule has 0 fully saturated rings. The van der Waals surface area contributed by atoms with Crippen molar-refractivity contribution in [2.45, 2.75) is 6.36 Å². The summed E-state index contributed by atoms with van der Waals surface area (Å²) in [5.74, 6) is -3.94. The molecule has 162 valence electrons. The molecule has 0 unspecified atom stereocenters. The molecule has 0 amide bonds. The van der Waals surface area contributed by atoms with Gasteiger partial charge in [0.25, 0.3) is 0 Å². The highest BCUT2D eigenvalue weighted by Crippen LogP contribution is 2.33. The zero-order valence-electron chi connectivity index (χ0n) is 16.1. The first kappa shape index (κ1) is 21.8. The first-order valence-electron chi connectivity index (χ1n) is 8.56. The summed E-state index contributed by atoms with van der Waals surface area (Å²) in [5.41, 5.74) is -0.982. The van der Waals surface area contributed by atoms with Crippen LogP contribution in [-0.4, -0.2) is 42.3 Å². The SMILES string of the molecule is COC(=O)c1c(-c2cc(F)cc(OC(F)(F)F)c2)nn(-c2ccccc2)c1C(=O)OC. The third-order valence-electron chi connectivity index (χ3n) is 4.03. The summed E-state index contributed by atoms with van der Waals surface area (Å²) in [6, 6.07) is 10.3. The molecule has 3 aromatic rings. The quantitative estimate of drug-likeness (QED) is 0.440. The number of carbonyl (C=O) groups excluding carboxylic acids is 2. The van der Waals surface area contributed by atoms with Gasteiger partial charge in [-0.25, -0.2) is 18.7 Å². The van der Waals surface area contributed by atoms with Gasteiger partial charge in [0.2, 0.25) is 0 Å². The number of ether oxygens (including phenoxy) is 3. The number of esters is 2. The minimum absolute atomic E-state index is 0.250. The number of nitrogens with zero attached hydrogens (tertiary/aromatic N) is 2. The summed E-state index contributed by atoms with van der Waals surface area (Å²) in [7, 11) is 2.11. The molecular formula is C20H14F4N2O5. The van der Waals surface area contributed by atoms with Crippen molar-refractivity contribution in [3.8, 4) is 22.7 Å². The zero-order valence-corrected chi connectivity index (χ0v) is 16.1. The first-order chi connectivity index (χ1) is 14.6. The van der Waals surface area contributed by atoms with Gasteiger partial charge < -0.3 is 14.2 Å². The molecule has 11 heteroatoms. The maximum atomic E-state index is 14.1. The van der Waals surface area contributed by atoms with Gasteiger partial charge >= 0.3 is 18.3 Å². The third-order valence-corrected chi connectivity index (χ3v) is 4.03. The lowest BCUT2D eigenvalue weighted by atomic mass is 10.0. The fraction of sp³-hybridized carbons (Fsp3) is 0.150. The molecule has 0 aliphatic heterocycles. The van der Waals surface area contributed by atoms with Crippen LogP contribution in [0, 0.1) is 5.82 Å². The van der Waals surface area contributed by atoms with Crippen LogP contribution in [0.1, 0.15) is 20.8 Å². The van der Waals surface area contributed by atoms with Crippen LogP contribution in [0.3, 0.4) is 0 Å². The molecule has 1 heterocycles. The number of methoxy groups -OCH3 is 2. The van der Waals surface area contributed by atoms with Gasteiger partial charge in [0.05, 0.1) is 19.9 Å². The largest absolute Gasteiger partial charge is 0.573 e. The average Bonchev–Trinajstić information content (AvgIpc) is 3.12. The van der Waals surface area contributed by atoms with E-state index in [4.69, 9.17) is 9.47 Å². The standard InChI is InChI=1S/C20H14F4N2O5/c1-29-18(27)15-16(11-8-12(21)10-14(9-11)31-20(22,23)24)25-26(17(15)19(28)30-2)13-6-4-3-5-7-13/h3-10H,1-2H3. The maximum Gasteiger partial charge on any atom is 0.573 e. The van der Waals surface area contributed by atoms with E-state index in [2.05, 4.69) is 9.84 Å². The van der Waals surface area contributed by atoms with Gasteiger partial charge in [-0.15, -0.1) is 13.2 Å². The Hall–Kier alpha value is -3.89. The van der Waals surface area contributed by atoms with Gasteiger partial charge in [0.15, 0.2) is 5.69 Å². The van der Waals surface area contributed by atoms with Crippen LogP contribution in [0.15, 0.2) is 48.5 Å². The van der Waals surface area contributed by atoms with Crippen molar-refractivity contribution >= 4 is 11.9 Å². The summed E-state index contributed by atoms with van der Waals surface area (Å²) in [4.78, 5) is 25.0. The second kappa shape index (κ2) is 8.46. The topological polar surface area (TPSA) is 79.7 Å². The van der Waals surface area contributed by atoms with Gasteiger partial charge in [0.1, 0.15) is 22.8 Å². The van der Waals surface area contributed by atoms with Crippen LogP contribution in [0.5, 0.6) is 5.75 Å². The lowest BCUT2D eigenvalue weighted by molar-refractivity contribution is -0.274. The van der Waals surface area contributed by atoms with Gasteiger partial charge in [-0.2, -0.15) is 5.10 Å². The van der Waals surface area contributed by atoms with Gasteiger partial charge in [-0.05, 0) is 24.3 Å². The Kier molecular flexibility index (Phi) is 5.95. The molecule has 0 atom stereocenters. The van der Waals surface area contributed by atoms with E-state index in [1.165, 1.54) is 0 Å². The number of alkyl halides is 3. The Balaban J connectivity index is 2.31. The molecule has 1 aromatic heterocycles. The molecule has 0 radical (unpaired) electrons. The van der Waals surface area contributed by atoms with Crippen molar-refractivity contribution in [3.63, 3.8) is 0 Å². The van der Waals surface area contributed by atoms with Crippen molar-refractivity contribution < 1.29 is 41.4 Å². The van der Waals surface area contributed by atoms with Crippen LogP contribution in [0.4, 0.5) is 17.6 Å². The summed E-state index contributed by atoms with van der Waals surface area (Å²) in [6.45, 7) is 0. The highest BCUT2D eigenvalue weighted by Gasteiger charge is 2.34. The van der Waals surface area contributed by atoms with E-state index in [1.54, 1.807) is 30.3 Å². The van der Waals surface area contributed by atoms with E-state index < -0.39 is 35.4 Å². The third kappa shape index (κ3) is 4.65. The van der Waals surface area contributed by atoms with Crippen LogP contribution < -0.4 is 4.74 Å². The predicted octanol–water partition coefficient (Wildman–Crippen LogP) is 4.15. The van der Waals surface area contributed by atoms with Crippen LogP contribution in [0.25, 0.3) is 16.9 Å². The summed E-state index contributed by atoms with van der Waals surface area (Å²) in [5, 5.41) is 4.18. The van der Waals surface area contributed by atoms with E-state index in [0.29, 0.717) is 11.8 Å². The predicted molar refractivity (Wildman–Crippen MR) is 98.3 cm³/mol. The molecular weight excluding hydrogens is 424 g/mol. The smallest absolute Gasteiger partial charge is 0.465 e. The molecule has 2 aromatic carbocycles. The Morgan fingerprint density at radius 3 is 2.19 bits per heavy atom. The maximum absolute atomic E-state index is 14.1. The Labute approximate surface area is 172 Å². The highest BCUT2D eigenvalue weighted by atomic mass is 19.4. The monoisotopic (exact) mass is 438 g/mol. The van der Waals surface area contributed by atoms with Gasteiger partial charge in [-0.1, -0.05) is 18.2 Å². The number of para-hydroxylation sites is 1. The number of benzene rings is 2. The highest BCUT2D eigenvalue weighted by molar-refractivity contribution is 6.06. The Morgan fingerprint density at radius 2 is 1.61 bits per heavy atom. The number of aromatic nitrogens is 2. The first-order valence-corrected chi connectivity index (χ1v) is 8.56. The van der Waals surface area contributed by atoms with E-state index >= 15 is 0 Å². The molecule has 0 aliphatic carbocycles. The molecule has 0 aliphatic rings. The van der Waals surface area contributed by atoms with Crippen molar-refractivity contribution in [2.24, 2.45) is 0 Å². The van der Waals surface area contributed by atoms with Crippen LogP contribution in [0.2, 0.25) is 0 Å². The molecule has 0 saturated heterocycles. The van der Waals surface area contributed by atoms with Crippen molar-refractivity contribution in [3.05, 3.63) is 65.6 Å². The van der Waals surface area contributed by atoms with E-state index in [1.807, 2.05) is 0 Å². The normalized spacial score (nSPS) is 11.2. The number of halogens is 4. The van der Waals surface area contributed by atoms with Crippen molar-refractivity contribution in [2.75, 3.05) is 14.2 Å². The van der Waals surface area contributed by atoms with E-state index in [-0.39, 0.29) is 17.0 Å². The summed E-state index contributed by atoms with van der Waals surface area (Å²) in [6.07, 6.45) is -5.07. The number of hydrogen-bond acceptors (Lipinski definition) is 6. The van der Waals surface area contributed by atoms with Crippen LogP contribution in [-0.2, 0) is 9.47 Å².